The van der Waals surface area contributed by atoms with Gasteiger partial charge >= 0.3 is 12.3 Å². The summed E-state index contributed by atoms with van der Waals surface area (Å²) in [5.74, 6) is 1.27. The van der Waals surface area contributed by atoms with E-state index >= 15 is 0 Å². The van der Waals surface area contributed by atoms with E-state index in [-0.39, 0.29) is 11.7 Å². The van der Waals surface area contributed by atoms with E-state index < -0.39 is 17.8 Å². The number of H-pyrrole nitrogens is 1. The van der Waals surface area contributed by atoms with E-state index in [1.165, 1.54) is 6.07 Å². The molecule has 3 aromatic rings. The number of hydrogen-bond acceptors (Lipinski definition) is 5. The van der Waals surface area contributed by atoms with Crippen molar-refractivity contribution in [2.75, 3.05) is 13.1 Å². The number of aromatic amines is 1. The van der Waals surface area contributed by atoms with Crippen LogP contribution in [0.4, 0.5) is 18.0 Å². The van der Waals surface area contributed by atoms with Crippen molar-refractivity contribution in [3.8, 4) is 17.1 Å². The molecule has 0 saturated carbocycles. The second-order valence-corrected chi connectivity index (χ2v) is 7.34. The van der Waals surface area contributed by atoms with Crippen LogP contribution >= 0.6 is 0 Å². The smallest absolute Gasteiger partial charge is 0.408 e. The summed E-state index contributed by atoms with van der Waals surface area (Å²) in [6.07, 6.45) is -1.96. The molecule has 31 heavy (non-hydrogen) atoms. The lowest BCUT2D eigenvalue weighted by atomic mass is 9.96. The van der Waals surface area contributed by atoms with E-state index in [1.807, 2.05) is 0 Å². The van der Waals surface area contributed by atoms with E-state index in [0.717, 1.165) is 12.1 Å². The fraction of sp³-hybridized carbons (Fsp3) is 0.333. The zero-order chi connectivity index (χ0) is 22.0. The molecule has 0 spiro atoms. The average Bonchev–Trinajstić information content (AvgIpc) is 3.25. The number of piperidine rings is 1. The van der Waals surface area contributed by atoms with Crippen LogP contribution in [-0.2, 0) is 6.18 Å². The highest BCUT2D eigenvalue weighted by Crippen LogP contribution is 2.32. The number of nitrogens with one attached hydrogen (secondary N) is 1. The number of ether oxygens (including phenoxy) is 1. The number of nitrogens with zero attached hydrogens (tertiary/aromatic N) is 4. The van der Waals surface area contributed by atoms with Gasteiger partial charge in [0.1, 0.15) is 5.82 Å². The molecule has 1 aliphatic rings. The molecule has 0 bridgehead atoms. The van der Waals surface area contributed by atoms with Gasteiger partial charge in [-0.25, -0.2) is 9.78 Å². The van der Waals surface area contributed by atoms with Crippen LogP contribution in [0.5, 0.6) is 5.75 Å². The van der Waals surface area contributed by atoms with Gasteiger partial charge in [0.25, 0.3) is 0 Å². The molecule has 1 N–H and O–H groups in total. The molecule has 1 aromatic carbocycles. The molecule has 1 aliphatic heterocycles. The fourth-order valence-corrected chi connectivity index (χ4v) is 3.49. The second kappa shape index (κ2) is 8.37. The molecule has 0 aliphatic carbocycles. The Hall–Kier alpha value is -3.43. The van der Waals surface area contributed by atoms with E-state index in [0.29, 0.717) is 48.8 Å². The molecule has 7 nitrogen and oxygen atoms in total. The van der Waals surface area contributed by atoms with Crippen LogP contribution in [0.3, 0.4) is 0 Å². The lowest BCUT2D eigenvalue weighted by Crippen LogP contribution is -2.39. The van der Waals surface area contributed by atoms with E-state index in [2.05, 4.69) is 20.2 Å². The van der Waals surface area contributed by atoms with Gasteiger partial charge in [-0.05, 0) is 44.0 Å². The van der Waals surface area contributed by atoms with Crippen molar-refractivity contribution in [2.45, 2.75) is 31.9 Å². The first-order valence-electron chi connectivity index (χ1n) is 9.79. The van der Waals surface area contributed by atoms with E-state index in [4.69, 9.17) is 4.74 Å². The molecule has 0 atom stereocenters. The normalized spacial score (nSPS) is 15.2. The molecular formula is C21H20F3N5O2. The van der Waals surface area contributed by atoms with Crippen LogP contribution in [0.2, 0.25) is 0 Å². The van der Waals surface area contributed by atoms with Crippen molar-refractivity contribution in [2.24, 2.45) is 0 Å². The second-order valence-electron chi connectivity index (χ2n) is 7.34. The number of pyridine rings is 1. The van der Waals surface area contributed by atoms with Crippen molar-refractivity contribution < 1.29 is 22.7 Å². The number of carbonyl (C=O) groups is 1. The monoisotopic (exact) mass is 431 g/mol. The zero-order valence-corrected chi connectivity index (χ0v) is 16.7. The van der Waals surface area contributed by atoms with Crippen LogP contribution in [-0.4, -0.2) is 44.2 Å². The first-order valence-corrected chi connectivity index (χ1v) is 9.79. The Kier molecular flexibility index (Phi) is 5.62. The molecule has 2 aromatic heterocycles. The summed E-state index contributed by atoms with van der Waals surface area (Å²) in [7, 11) is 0. The van der Waals surface area contributed by atoms with Crippen LogP contribution in [0.1, 0.15) is 35.8 Å². The first-order chi connectivity index (χ1) is 14.8. The SMILES string of the molecule is Cc1ncccc1OC(=O)N1CCC(c2nc(-c3cccc(C(F)(F)F)c3)n[nH]2)CC1. The molecule has 3 heterocycles. The maximum absolute atomic E-state index is 12.9. The molecule has 0 radical (unpaired) electrons. The summed E-state index contributed by atoms with van der Waals surface area (Å²) in [5.41, 5.74) is 0.187. The standard InChI is InChI=1S/C21H20F3N5O2/c1-13-17(6-3-9-25-13)31-20(30)29-10-7-14(8-11-29)18-26-19(28-27-18)15-4-2-5-16(12-15)21(22,23)24/h2-6,9,12,14H,7-8,10-11H2,1H3,(H,26,27,28). The number of rotatable bonds is 3. The fourth-order valence-electron chi connectivity index (χ4n) is 3.49. The Morgan fingerprint density at radius 2 is 1.97 bits per heavy atom. The predicted octanol–water partition coefficient (Wildman–Crippen LogP) is 4.57. The highest BCUT2D eigenvalue weighted by molar-refractivity contribution is 5.71. The Labute approximate surface area is 176 Å². The third-order valence-corrected chi connectivity index (χ3v) is 5.25. The molecule has 1 amide bonds. The maximum Gasteiger partial charge on any atom is 0.416 e. The molecule has 1 saturated heterocycles. The largest absolute Gasteiger partial charge is 0.416 e. The van der Waals surface area contributed by atoms with Crippen molar-refractivity contribution in [3.05, 3.63) is 59.7 Å². The third kappa shape index (κ3) is 4.68. The molecular weight excluding hydrogens is 411 g/mol. The van der Waals surface area contributed by atoms with Gasteiger partial charge < -0.3 is 9.64 Å². The number of alkyl halides is 3. The Morgan fingerprint density at radius 3 is 2.68 bits per heavy atom. The van der Waals surface area contributed by atoms with Gasteiger partial charge in [-0.1, -0.05) is 12.1 Å². The van der Waals surface area contributed by atoms with Gasteiger partial charge in [0, 0.05) is 30.8 Å². The number of halogens is 3. The minimum absolute atomic E-state index is 0.0243. The highest BCUT2D eigenvalue weighted by Gasteiger charge is 2.31. The van der Waals surface area contributed by atoms with Gasteiger partial charge in [0.15, 0.2) is 11.6 Å². The lowest BCUT2D eigenvalue weighted by Gasteiger charge is -2.30. The lowest BCUT2D eigenvalue weighted by molar-refractivity contribution is -0.137. The number of aromatic nitrogens is 4. The summed E-state index contributed by atoms with van der Waals surface area (Å²) in [6, 6.07) is 8.32. The summed E-state index contributed by atoms with van der Waals surface area (Å²) in [4.78, 5) is 22.5. The number of aryl methyl sites for hydroxylation is 1. The quantitative estimate of drug-likeness (QED) is 0.657. The number of carbonyl (C=O) groups excluding carboxylic acids is 1. The van der Waals surface area contributed by atoms with Crippen LogP contribution < -0.4 is 4.74 Å². The Bertz CT molecular complexity index is 1070. The summed E-state index contributed by atoms with van der Waals surface area (Å²) in [5, 5.41) is 6.93. The van der Waals surface area contributed by atoms with Crippen LogP contribution in [0.15, 0.2) is 42.6 Å². The van der Waals surface area contributed by atoms with Crippen molar-refractivity contribution >= 4 is 6.09 Å². The number of benzene rings is 1. The number of amides is 1. The van der Waals surface area contributed by atoms with Gasteiger partial charge in [-0.15, -0.1) is 0 Å². The van der Waals surface area contributed by atoms with Crippen LogP contribution in [0.25, 0.3) is 11.4 Å². The number of hydrogen-bond donors (Lipinski definition) is 1. The Morgan fingerprint density at radius 1 is 1.19 bits per heavy atom. The molecule has 10 heteroatoms. The average molecular weight is 431 g/mol. The van der Waals surface area contributed by atoms with Gasteiger partial charge in [0.05, 0.1) is 11.3 Å². The summed E-state index contributed by atoms with van der Waals surface area (Å²) < 4.78 is 44.3. The van der Waals surface area contributed by atoms with E-state index in [9.17, 15) is 18.0 Å². The first kappa shape index (κ1) is 20.8. The van der Waals surface area contributed by atoms with Gasteiger partial charge in [-0.2, -0.15) is 18.3 Å². The minimum atomic E-state index is -4.43. The molecule has 1 fully saturated rings. The third-order valence-electron chi connectivity index (χ3n) is 5.25. The van der Waals surface area contributed by atoms with Crippen LogP contribution in [0, 0.1) is 6.92 Å². The summed E-state index contributed by atoms with van der Waals surface area (Å²) >= 11 is 0. The molecule has 0 unspecified atom stereocenters. The summed E-state index contributed by atoms with van der Waals surface area (Å²) in [6.45, 7) is 2.71. The molecule has 4 rings (SSSR count). The van der Waals surface area contributed by atoms with Gasteiger partial charge in [-0.3, -0.25) is 10.1 Å². The highest BCUT2D eigenvalue weighted by atomic mass is 19.4. The molecule has 162 valence electrons. The minimum Gasteiger partial charge on any atom is -0.408 e. The number of likely N-dealkylation sites (tertiary alicyclic amines) is 1. The van der Waals surface area contributed by atoms with Crippen molar-refractivity contribution in [3.63, 3.8) is 0 Å². The zero-order valence-electron chi connectivity index (χ0n) is 16.7. The van der Waals surface area contributed by atoms with Gasteiger partial charge in [0.2, 0.25) is 0 Å². The van der Waals surface area contributed by atoms with E-state index in [1.54, 1.807) is 36.2 Å². The topological polar surface area (TPSA) is 84.0 Å². The van der Waals surface area contributed by atoms with Crippen molar-refractivity contribution in [1.29, 1.82) is 0 Å². The Balaban J connectivity index is 1.38. The predicted molar refractivity (Wildman–Crippen MR) is 105 cm³/mol. The maximum atomic E-state index is 12.9. The van der Waals surface area contributed by atoms with Crippen molar-refractivity contribution in [1.82, 2.24) is 25.1 Å².